The first-order valence-electron chi connectivity index (χ1n) is 6.47. The van der Waals surface area contributed by atoms with Crippen LogP contribution in [0.5, 0.6) is 0 Å². The molecule has 1 saturated heterocycles. The zero-order valence-electron chi connectivity index (χ0n) is 11.4. The van der Waals surface area contributed by atoms with Gasteiger partial charge in [-0.25, -0.2) is 0 Å². The molecule has 1 aliphatic heterocycles. The number of hydrogen-bond acceptors (Lipinski definition) is 4. The van der Waals surface area contributed by atoms with Crippen molar-refractivity contribution in [2.45, 2.75) is 25.5 Å². The van der Waals surface area contributed by atoms with Crippen LogP contribution in [-0.4, -0.2) is 17.0 Å². The molecule has 1 aromatic carbocycles. The molecule has 0 aliphatic carbocycles. The minimum absolute atomic E-state index is 0.00451. The third kappa shape index (κ3) is 2.22. The molecule has 0 spiro atoms. The molecule has 3 rings (SSSR count). The van der Waals surface area contributed by atoms with Gasteiger partial charge in [0, 0.05) is 12.0 Å². The summed E-state index contributed by atoms with van der Waals surface area (Å²) in [6.45, 7) is 3.88. The lowest BCUT2D eigenvalue weighted by atomic mass is 10.0. The Hall–Kier alpha value is -1.75. The summed E-state index contributed by atoms with van der Waals surface area (Å²) in [5, 5.41) is 3.19. The first kappa shape index (κ1) is 13.2. The molecule has 1 aliphatic rings. The zero-order valence-corrected chi connectivity index (χ0v) is 12.2. The van der Waals surface area contributed by atoms with Crippen molar-refractivity contribution in [2.75, 3.05) is 5.88 Å². The fraction of sp³-hybridized carbons (Fsp3) is 0.333. The van der Waals surface area contributed by atoms with Gasteiger partial charge in [0.05, 0.1) is 22.8 Å². The van der Waals surface area contributed by atoms with Crippen molar-refractivity contribution in [3.05, 3.63) is 45.3 Å². The molecule has 1 N–H and O–H groups in total. The van der Waals surface area contributed by atoms with E-state index < -0.39 is 0 Å². The maximum atomic E-state index is 12.6. The highest BCUT2D eigenvalue weighted by Gasteiger charge is 2.26. The smallest absolute Gasteiger partial charge is 0.234 e. The van der Waals surface area contributed by atoms with Crippen LogP contribution in [-0.2, 0) is 11.2 Å². The molecular formula is C15H15NO3S. The first-order valence-corrected chi connectivity index (χ1v) is 7.52. The van der Waals surface area contributed by atoms with E-state index in [2.05, 4.69) is 5.32 Å². The van der Waals surface area contributed by atoms with E-state index in [1.54, 1.807) is 0 Å². The molecule has 0 radical (unpaired) electrons. The number of hydrogen-bond donors (Lipinski definition) is 1. The largest absolute Gasteiger partial charge is 0.464 e. The Morgan fingerprint density at radius 3 is 2.85 bits per heavy atom. The number of carbonyl (C=O) groups excluding carboxylic acids is 1. The molecule has 1 fully saturated rings. The van der Waals surface area contributed by atoms with Crippen molar-refractivity contribution in [1.82, 2.24) is 5.32 Å². The van der Waals surface area contributed by atoms with Gasteiger partial charge in [-0.05, 0) is 31.0 Å². The van der Waals surface area contributed by atoms with Gasteiger partial charge in [-0.15, -0.1) is 11.8 Å². The summed E-state index contributed by atoms with van der Waals surface area (Å²) >= 11 is 1.52. The monoisotopic (exact) mass is 289 g/mol. The lowest BCUT2D eigenvalue weighted by molar-refractivity contribution is -0.119. The molecule has 2 aromatic rings. The van der Waals surface area contributed by atoms with Crippen molar-refractivity contribution in [1.29, 1.82) is 0 Å². The number of carbonyl (C=O) groups is 1. The Labute approximate surface area is 120 Å². The molecule has 5 heteroatoms. The van der Waals surface area contributed by atoms with Crippen molar-refractivity contribution in [2.24, 2.45) is 0 Å². The van der Waals surface area contributed by atoms with Crippen molar-refractivity contribution < 1.29 is 9.21 Å². The van der Waals surface area contributed by atoms with E-state index in [1.807, 2.05) is 26.0 Å². The predicted octanol–water partition coefficient (Wildman–Crippen LogP) is 2.14. The van der Waals surface area contributed by atoms with Gasteiger partial charge >= 0.3 is 0 Å². The lowest BCUT2D eigenvalue weighted by Gasteiger charge is -2.08. The van der Waals surface area contributed by atoms with Crippen LogP contribution in [0.15, 0.2) is 27.6 Å². The average Bonchev–Trinajstić information content (AvgIpc) is 2.78. The van der Waals surface area contributed by atoms with Crippen LogP contribution < -0.4 is 10.7 Å². The van der Waals surface area contributed by atoms with Gasteiger partial charge in [-0.1, -0.05) is 6.07 Å². The summed E-state index contributed by atoms with van der Waals surface area (Å²) < 4.78 is 5.59. The topological polar surface area (TPSA) is 59.3 Å². The highest BCUT2D eigenvalue weighted by atomic mass is 32.2. The van der Waals surface area contributed by atoms with Crippen LogP contribution >= 0.6 is 11.8 Å². The summed E-state index contributed by atoms with van der Waals surface area (Å²) in [7, 11) is 0. The third-order valence-electron chi connectivity index (χ3n) is 3.52. The number of rotatable bonds is 2. The second kappa shape index (κ2) is 4.98. The van der Waals surface area contributed by atoms with E-state index in [1.165, 1.54) is 18.0 Å². The van der Waals surface area contributed by atoms with Crippen LogP contribution in [0.1, 0.15) is 16.7 Å². The van der Waals surface area contributed by atoms with Gasteiger partial charge in [-0.3, -0.25) is 9.59 Å². The summed E-state index contributed by atoms with van der Waals surface area (Å²) in [6, 6.07) is 3.84. The van der Waals surface area contributed by atoms with E-state index in [9.17, 15) is 9.59 Å². The molecule has 2 heterocycles. The molecular weight excluding hydrogens is 274 g/mol. The van der Waals surface area contributed by atoms with Gasteiger partial charge in [0.1, 0.15) is 5.58 Å². The molecule has 1 amide bonds. The van der Waals surface area contributed by atoms with Gasteiger partial charge in [0.2, 0.25) is 5.91 Å². The lowest BCUT2D eigenvalue weighted by Crippen LogP contribution is -2.26. The van der Waals surface area contributed by atoms with E-state index >= 15 is 0 Å². The number of thioether (sulfide) groups is 1. The molecule has 4 nitrogen and oxygen atoms in total. The van der Waals surface area contributed by atoms with Crippen molar-refractivity contribution in [3.63, 3.8) is 0 Å². The number of fused-ring (bicyclic) bond motifs is 1. The number of amides is 1. The zero-order chi connectivity index (χ0) is 14.3. The second-order valence-corrected chi connectivity index (χ2v) is 6.28. The van der Waals surface area contributed by atoms with Crippen LogP contribution in [0.25, 0.3) is 11.0 Å². The molecule has 1 unspecified atom stereocenters. The highest BCUT2D eigenvalue weighted by Crippen LogP contribution is 2.22. The SMILES string of the molecule is Cc1cc(C)c2c(=O)c(CC3SCNC3=O)coc2c1. The maximum Gasteiger partial charge on any atom is 0.234 e. The Kier molecular flexibility index (Phi) is 3.30. The molecule has 0 saturated carbocycles. The molecule has 1 aromatic heterocycles. The van der Waals surface area contributed by atoms with Crippen LogP contribution in [0, 0.1) is 13.8 Å². The summed E-state index contributed by atoms with van der Waals surface area (Å²) in [5.74, 6) is 0.607. The van der Waals surface area contributed by atoms with E-state index in [0.717, 1.165) is 11.1 Å². The minimum atomic E-state index is -0.193. The maximum absolute atomic E-state index is 12.6. The summed E-state index contributed by atoms with van der Waals surface area (Å²) in [5.41, 5.74) is 3.14. The second-order valence-electron chi connectivity index (χ2n) is 5.09. The Morgan fingerprint density at radius 2 is 2.15 bits per heavy atom. The minimum Gasteiger partial charge on any atom is -0.464 e. The van der Waals surface area contributed by atoms with Gasteiger partial charge in [0.25, 0.3) is 0 Å². The van der Waals surface area contributed by atoms with E-state index in [0.29, 0.717) is 28.8 Å². The van der Waals surface area contributed by atoms with Crippen LogP contribution in [0.2, 0.25) is 0 Å². The third-order valence-corrected chi connectivity index (χ3v) is 4.61. The van der Waals surface area contributed by atoms with Gasteiger partial charge in [-0.2, -0.15) is 0 Å². The average molecular weight is 289 g/mol. The van der Waals surface area contributed by atoms with Gasteiger partial charge < -0.3 is 9.73 Å². The van der Waals surface area contributed by atoms with E-state index in [4.69, 9.17) is 4.42 Å². The number of nitrogens with one attached hydrogen (secondary N) is 1. The number of benzene rings is 1. The normalized spacial score (nSPS) is 18.5. The molecule has 0 bridgehead atoms. The van der Waals surface area contributed by atoms with Crippen molar-refractivity contribution in [3.8, 4) is 0 Å². The van der Waals surface area contributed by atoms with Gasteiger partial charge in [0.15, 0.2) is 5.43 Å². The van der Waals surface area contributed by atoms with Crippen LogP contribution in [0.3, 0.4) is 0 Å². The Morgan fingerprint density at radius 1 is 1.35 bits per heavy atom. The number of aryl methyl sites for hydroxylation is 2. The Bertz CT molecular complexity index is 751. The molecule has 20 heavy (non-hydrogen) atoms. The summed E-state index contributed by atoms with van der Waals surface area (Å²) in [6.07, 6.45) is 1.91. The fourth-order valence-electron chi connectivity index (χ4n) is 2.56. The summed E-state index contributed by atoms with van der Waals surface area (Å²) in [4.78, 5) is 24.2. The van der Waals surface area contributed by atoms with E-state index in [-0.39, 0.29) is 16.6 Å². The fourth-order valence-corrected chi connectivity index (χ4v) is 3.52. The molecule has 104 valence electrons. The molecule has 1 atom stereocenters. The highest BCUT2D eigenvalue weighted by molar-refractivity contribution is 8.01. The standard InChI is InChI=1S/C15H15NO3S/c1-8-3-9(2)13-11(4-8)19-6-10(14(13)17)5-12-15(18)16-7-20-12/h3-4,6,12H,5,7H2,1-2H3,(H,16,18). The van der Waals surface area contributed by atoms with Crippen LogP contribution in [0.4, 0.5) is 0 Å². The first-order chi connectivity index (χ1) is 9.56. The quantitative estimate of drug-likeness (QED) is 0.920. The Balaban J connectivity index is 2.07. The predicted molar refractivity (Wildman–Crippen MR) is 80.1 cm³/mol. The van der Waals surface area contributed by atoms with Crippen molar-refractivity contribution >= 4 is 28.6 Å².